The van der Waals surface area contributed by atoms with Crippen LogP contribution in [0.4, 0.5) is 0 Å². The Morgan fingerprint density at radius 1 is 1.31 bits per heavy atom. The lowest BCUT2D eigenvalue weighted by molar-refractivity contribution is 0.502. The normalized spacial score (nSPS) is 12.9. The molecule has 1 N–H and O–H groups in total. The Bertz CT molecular complexity index is 285. The van der Waals surface area contributed by atoms with E-state index in [9.17, 15) is 0 Å². The van der Waals surface area contributed by atoms with Crippen molar-refractivity contribution in [3.05, 3.63) is 19.9 Å². The molecule has 0 aliphatic heterocycles. The molecule has 0 saturated heterocycles. The standard InChI is InChI=1S/C13H22INS/c1-3-4-5-6-7-8-12(15-2)11-9-13(14)16-10-11/h9-10,12,15H,3-8H2,1-2H3. The van der Waals surface area contributed by atoms with Gasteiger partial charge in [-0.25, -0.2) is 0 Å². The van der Waals surface area contributed by atoms with E-state index in [2.05, 4.69) is 53.3 Å². The Kier molecular flexibility index (Phi) is 7.66. The monoisotopic (exact) mass is 351 g/mol. The average Bonchev–Trinajstić information content (AvgIpc) is 2.70. The van der Waals surface area contributed by atoms with Gasteiger partial charge in [0.15, 0.2) is 0 Å². The first-order chi connectivity index (χ1) is 7.77. The Balaban J connectivity index is 2.27. The molecule has 16 heavy (non-hydrogen) atoms. The molecule has 92 valence electrons. The first-order valence-electron chi connectivity index (χ1n) is 6.19. The van der Waals surface area contributed by atoms with Crippen LogP contribution in [0.3, 0.4) is 0 Å². The van der Waals surface area contributed by atoms with E-state index in [4.69, 9.17) is 0 Å². The molecule has 0 fully saturated rings. The van der Waals surface area contributed by atoms with Crippen LogP contribution in [0.5, 0.6) is 0 Å². The molecular weight excluding hydrogens is 329 g/mol. The maximum Gasteiger partial charge on any atom is 0.0656 e. The van der Waals surface area contributed by atoms with Crippen molar-refractivity contribution in [2.75, 3.05) is 7.05 Å². The van der Waals surface area contributed by atoms with Crippen LogP contribution in [0, 0.1) is 2.88 Å². The number of nitrogens with one attached hydrogen (secondary N) is 1. The van der Waals surface area contributed by atoms with Crippen LogP contribution in [-0.2, 0) is 0 Å². The largest absolute Gasteiger partial charge is 0.313 e. The van der Waals surface area contributed by atoms with E-state index in [1.165, 1.54) is 47.0 Å². The molecule has 1 unspecified atom stereocenters. The molecule has 3 heteroatoms. The van der Waals surface area contributed by atoms with E-state index < -0.39 is 0 Å². The second kappa shape index (κ2) is 8.48. The number of hydrogen-bond donors (Lipinski definition) is 1. The van der Waals surface area contributed by atoms with Gasteiger partial charge in [0.05, 0.1) is 2.88 Å². The summed E-state index contributed by atoms with van der Waals surface area (Å²) in [6.45, 7) is 2.27. The minimum atomic E-state index is 0.557. The summed E-state index contributed by atoms with van der Waals surface area (Å²) in [4.78, 5) is 0. The fourth-order valence-corrected chi connectivity index (χ4v) is 3.36. The summed E-state index contributed by atoms with van der Waals surface area (Å²) in [5.41, 5.74) is 1.47. The predicted molar refractivity (Wildman–Crippen MR) is 82.2 cm³/mol. The first-order valence-corrected chi connectivity index (χ1v) is 8.15. The Morgan fingerprint density at radius 2 is 2.06 bits per heavy atom. The summed E-state index contributed by atoms with van der Waals surface area (Å²) in [6, 6.07) is 2.86. The molecule has 0 radical (unpaired) electrons. The molecule has 0 aromatic carbocycles. The zero-order valence-electron chi connectivity index (χ0n) is 10.3. The van der Waals surface area contributed by atoms with Crippen molar-refractivity contribution in [3.63, 3.8) is 0 Å². The van der Waals surface area contributed by atoms with Gasteiger partial charge >= 0.3 is 0 Å². The van der Waals surface area contributed by atoms with Crippen molar-refractivity contribution in [3.8, 4) is 0 Å². The van der Waals surface area contributed by atoms with Gasteiger partial charge in [-0.1, -0.05) is 39.0 Å². The minimum absolute atomic E-state index is 0.557. The summed E-state index contributed by atoms with van der Waals surface area (Å²) < 4.78 is 1.39. The van der Waals surface area contributed by atoms with Crippen molar-refractivity contribution < 1.29 is 0 Å². The van der Waals surface area contributed by atoms with Crippen LogP contribution < -0.4 is 5.32 Å². The molecule has 0 aliphatic carbocycles. The number of rotatable bonds is 8. The highest BCUT2D eigenvalue weighted by Gasteiger charge is 2.10. The van der Waals surface area contributed by atoms with Crippen LogP contribution in [-0.4, -0.2) is 7.05 Å². The molecule has 0 spiro atoms. The van der Waals surface area contributed by atoms with Crippen molar-refractivity contribution in [1.29, 1.82) is 0 Å². The number of unbranched alkanes of at least 4 members (excludes halogenated alkanes) is 4. The quantitative estimate of drug-likeness (QED) is 0.515. The van der Waals surface area contributed by atoms with Crippen LogP contribution in [0.1, 0.15) is 57.1 Å². The van der Waals surface area contributed by atoms with Crippen molar-refractivity contribution in [2.24, 2.45) is 0 Å². The smallest absolute Gasteiger partial charge is 0.0656 e. The van der Waals surface area contributed by atoms with E-state index in [1.54, 1.807) is 0 Å². The highest BCUT2D eigenvalue weighted by molar-refractivity contribution is 14.1. The highest BCUT2D eigenvalue weighted by Crippen LogP contribution is 2.25. The molecule has 0 aliphatic rings. The Hall–Kier alpha value is 0.390. The fraction of sp³-hybridized carbons (Fsp3) is 0.692. The molecule has 0 amide bonds. The van der Waals surface area contributed by atoms with Gasteiger partial charge in [-0.15, -0.1) is 11.3 Å². The first kappa shape index (κ1) is 14.5. The van der Waals surface area contributed by atoms with Crippen molar-refractivity contribution >= 4 is 33.9 Å². The van der Waals surface area contributed by atoms with E-state index in [0.29, 0.717) is 6.04 Å². The van der Waals surface area contributed by atoms with Crippen molar-refractivity contribution in [1.82, 2.24) is 5.32 Å². The van der Waals surface area contributed by atoms with Crippen LogP contribution in [0.25, 0.3) is 0 Å². The molecular formula is C13H22INS. The van der Waals surface area contributed by atoms with Gasteiger partial charge in [0.25, 0.3) is 0 Å². The predicted octanol–water partition coefficient (Wildman–Crippen LogP) is 4.97. The third-order valence-electron chi connectivity index (χ3n) is 2.93. The van der Waals surface area contributed by atoms with Gasteiger partial charge in [-0.05, 0) is 53.1 Å². The molecule has 1 aromatic rings. The lowest BCUT2D eigenvalue weighted by atomic mass is 10.0. The number of hydrogen-bond acceptors (Lipinski definition) is 2. The maximum absolute atomic E-state index is 3.43. The lowest BCUT2D eigenvalue weighted by Gasteiger charge is -2.14. The fourth-order valence-electron chi connectivity index (χ4n) is 1.94. The summed E-state index contributed by atoms with van der Waals surface area (Å²) in [7, 11) is 2.07. The van der Waals surface area contributed by atoms with Gasteiger partial charge in [-0.3, -0.25) is 0 Å². The second-order valence-electron chi connectivity index (χ2n) is 4.23. The maximum atomic E-state index is 3.43. The Morgan fingerprint density at radius 3 is 2.62 bits per heavy atom. The van der Waals surface area contributed by atoms with Gasteiger partial charge in [0, 0.05) is 6.04 Å². The SMILES string of the molecule is CCCCCCCC(NC)c1csc(I)c1. The van der Waals surface area contributed by atoms with Gasteiger partial charge < -0.3 is 5.32 Å². The number of halogens is 1. The summed E-state index contributed by atoms with van der Waals surface area (Å²) >= 11 is 4.24. The van der Waals surface area contributed by atoms with Gasteiger partial charge in [-0.2, -0.15) is 0 Å². The molecule has 1 atom stereocenters. The van der Waals surface area contributed by atoms with Gasteiger partial charge in [0.1, 0.15) is 0 Å². The van der Waals surface area contributed by atoms with Crippen LogP contribution in [0.2, 0.25) is 0 Å². The molecule has 0 bridgehead atoms. The summed E-state index contributed by atoms with van der Waals surface area (Å²) in [5, 5.41) is 5.71. The molecule has 1 rings (SSSR count). The third kappa shape index (κ3) is 5.15. The van der Waals surface area contributed by atoms with E-state index in [0.717, 1.165) is 0 Å². The third-order valence-corrected chi connectivity index (χ3v) is 4.74. The Labute approximate surface area is 117 Å². The molecule has 1 aromatic heterocycles. The summed E-state index contributed by atoms with van der Waals surface area (Å²) in [6.07, 6.45) is 8.12. The average molecular weight is 351 g/mol. The number of thiophene rings is 1. The summed E-state index contributed by atoms with van der Waals surface area (Å²) in [5.74, 6) is 0. The van der Waals surface area contributed by atoms with Crippen LogP contribution in [0.15, 0.2) is 11.4 Å². The minimum Gasteiger partial charge on any atom is -0.313 e. The van der Waals surface area contributed by atoms with E-state index in [-0.39, 0.29) is 0 Å². The van der Waals surface area contributed by atoms with Crippen molar-refractivity contribution in [2.45, 2.75) is 51.5 Å². The lowest BCUT2D eigenvalue weighted by Crippen LogP contribution is -2.15. The second-order valence-corrected chi connectivity index (χ2v) is 7.03. The molecule has 1 nitrogen and oxygen atoms in total. The van der Waals surface area contributed by atoms with Crippen LogP contribution >= 0.6 is 33.9 Å². The highest BCUT2D eigenvalue weighted by atomic mass is 127. The topological polar surface area (TPSA) is 12.0 Å². The van der Waals surface area contributed by atoms with E-state index >= 15 is 0 Å². The molecule has 0 saturated carbocycles. The van der Waals surface area contributed by atoms with Gasteiger partial charge in [0.2, 0.25) is 0 Å². The zero-order chi connectivity index (χ0) is 11.8. The van der Waals surface area contributed by atoms with E-state index in [1.807, 2.05) is 11.3 Å². The molecule has 1 heterocycles. The zero-order valence-corrected chi connectivity index (χ0v) is 13.2.